The molecule has 2 nitrogen and oxygen atoms in total. The van der Waals surface area contributed by atoms with Gasteiger partial charge in [-0.2, -0.15) is 0 Å². The molecule has 2 aliphatic rings. The van der Waals surface area contributed by atoms with E-state index in [0.29, 0.717) is 0 Å². The van der Waals surface area contributed by atoms with E-state index < -0.39 is 0 Å². The summed E-state index contributed by atoms with van der Waals surface area (Å²) in [6.07, 6.45) is 9.58. The highest BCUT2D eigenvalue weighted by Crippen LogP contribution is 2.25. The number of ether oxygens (including phenoxy) is 1. The van der Waals surface area contributed by atoms with Crippen molar-refractivity contribution >= 4 is 15.9 Å². The highest BCUT2D eigenvalue weighted by molar-refractivity contribution is 9.10. The van der Waals surface area contributed by atoms with Gasteiger partial charge in [0.05, 0.1) is 6.61 Å². The number of halogens is 1. The molecule has 3 heteroatoms. The normalized spacial score (nSPS) is 19.9. The van der Waals surface area contributed by atoms with Crippen molar-refractivity contribution in [3.8, 4) is 0 Å². The minimum atomic E-state index is 0.730. The molecule has 0 saturated heterocycles. The lowest BCUT2D eigenvalue weighted by molar-refractivity contribution is 0.0736. The molecule has 3 rings (SSSR count). The Morgan fingerprint density at radius 2 is 1.90 bits per heavy atom. The van der Waals surface area contributed by atoms with Crippen LogP contribution in [-0.4, -0.2) is 12.6 Å². The smallest absolute Gasteiger partial charge is 0.0727 e. The maximum atomic E-state index is 5.94. The quantitative estimate of drug-likeness (QED) is 0.761. The summed E-state index contributed by atoms with van der Waals surface area (Å²) in [6.45, 7) is 2.64. The Balaban J connectivity index is 1.43. The summed E-state index contributed by atoms with van der Waals surface area (Å²) in [5.41, 5.74) is 2.62. The predicted molar refractivity (Wildman–Crippen MR) is 90.2 cm³/mol. The third-order valence-electron chi connectivity index (χ3n) is 4.63. The minimum Gasteiger partial charge on any atom is -0.376 e. The van der Waals surface area contributed by atoms with Gasteiger partial charge in [-0.05, 0) is 48.8 Å². The number of benzene rings is 1. The van der Waals surface area contributed by atoms with Crippen LogP contribution in [0.3, 0.4) is 0 Å². The first kappa shape index (κ1) is 15.5. The van der Waals surface area contributed by atoms with E-state index in [1.807, 2.05) is 0 Å². The molecular weight excluding hydrogens is 326 g/mol. The summed E-state index contributed by atoms with van der Waals surface area (Å²) >= 11 is 3.69. The molecule has 0 bridgehead atoms. The number of nitrogens with one attached hydrogen (secondary N) is 1. The molecule has 1 aromatic rings. The van der Waals surface area contributed by atoms with Crippen molar-refractivity contribution in [2.24, 2.45) is 5.92 Å². The summed E-state index contributed by atoms with van der Waals surface area (Å²) in [6, 6.07) is 7.42. The van der Waals surface area contributed by atoms with E-state index >= 15 is 0 Å². The molecule has 0 amide bonds. The zero-order valence-corrected chi connectivity index (χ0v) is 14.3. The van der Waals surface area contributed by atoms with E-state index in [1.165, 1.54) is 60.5 Å². The summed E-state index contributed by atoms with van der Waals surface area (Å²) in [4.78, 5) is 0. The third kappa shape index (κ3) is 5.08. The van der Waals surface area contributed by atoms with Crippen LogP contribution in [0.5, 0.6) is 0 Å². The van der Waals surface area contributed by atoms with Crippen molar-refractivity contribution < 1.29 is 4.74 Å². The lowest BCUT2D eigenvalue weighted by Gasteiger charge is -2.21. The average molecular weight is 352 g/mol. The van der Waals surface area contributed by atoms with Crippen LogP contribution in [0, 0.1) is 5.92 Å². The molecule has 0 radical (unpaired) electrons. The van der Waals surface area contributed by atoms with Gasteiger partial charge in [0.15, 0.2) is 0 Å². The second-order valence-electron chi connectivity index (χ2n) is 6.60. The molecule has 2 fully saturated rings. The van der Waals surface area contributed by atoms with E-state index in [2.05, 4.69) is 39.4 Å². The molecule has 0 heterocycles. The number of hydrogen-bond donors (Lipinski definition) is 1. The van der Waals surface area contributed by atoms with Gasteiger partial charge in [0.1, 0.15) is 0 Å². The van der Waals surface area contributed by atoms with Crippen LogP contribution >= 0.6 is 15.9 Å². The molecule has 21 heavy (non-hydrogen) atoms. The van der Waals surface area contributed by atoms with Gasteiger partial charge < -0.3 is 10.1 Å². The topological polar surface area (TPSA) is 21.3 Å². The summed E-state index contributed by atoms with van der Waals surface area (Å²) in [5, 5.41) is 3.55. The largest absolute Gasteiger partial charge is 0.376 e. The SMILES string of the molecule is Brc1cc(CNC2CC2)ccc1COCC1CCCCC1. The summed E-state index contributed by atoms with van der Waals surface area (Å²) in [7, 11) is 0. The fourth-order valence-corrected chi connectivity index (χ4v) is 3.60. The second-order valence-corrected chi connectivity index (χ2v) is 7.45. The van der Waals surface area contributed by atoms with Gasteiger partial charge in [-0.25, -0.2) is 0 Å². The Morgan fingerprint density at radius 3 is 2.62 bits per heavy atom. The van der Waals surface area contributed by atoms with Crippen molar-refractivity contribution in [2.75, 3.05) is 6.61 Å². The van der Waals surface area contributed by atoms with Crippen molar-refractivity contribution in [1.29, 1.82) is 0 Å². The van der Waals surface area contributed by atoms with Crippen molar-refractivity contribution in [3.63, 3.8) is 0 Å². The third-order valence-corrected chi connectivity index (χ3v) is 5.36. The Hall–Kier alpha value is -0.380. The van der Waals surface area contributed by atoms with Crippen LogP contribution in [0.4, 0.5) is 0 Å². The molecule has 0 unspecified atom stereocenters. The molecule has 1 N–H and O–H groups in total. The number of rotatable bonds is 7. The minimum absolute atomic E-state index is 0.730. The molecule has 2 aliphatic carbocycles. The fraction of sp³-hybridized carbons (Fsp3) is 0.667. The molecule has 0 aromatic heterocycles. The summed E-state index contributed by atoms with van der Waals surface area (Å²) < 4.78 is 7.12. The molecule has 0 atom stereocenters. The molecule has 2 saturated carbocycles. The first-order chi connectivity index (χ1) is 10.3. The van der Waals surface area contributed by atoms with Gasteiger partial charge in [0.25, 0.3) is 0 Å². The first-order valence-electron chi connectivity index (χ1n) is 8.39. The van der Waals surface area contributed by atoms with Gasteiger partial charge in [-0.15, -0.1) is 0 Å². The fourth-order valence-electron chi connectivity index (χ4n) is 3.06. The van der Waals surface area contributed by atoms with E-state index in [0.717, 1.165) is 31.7 Å². The van der Waals surface area contributed by atoms with E-state index in [9.17, 15) is 0 Å². The predicted octanol–water partition coefficient (Wildman–Crippen LogP) is 4.80. The maximum Gasteiger partial charge on any atom is 0.0727 e. The Bertz CT molecular complexity index is 453. The van der Waals surface area contributed by atoms with Gasteiger partial charge in [0.2, 0.25) is 0 Å². The van der Waals surface area contributed by atoms with Gasteiger partial charge in [0, 0.05) is 23.7 Å². The van der Waals surface area contributed by atoms with Crippen LogP contribution in [-0.2, 0) is 17.9 Å². The van der Waals surface area contributed by atoms with E-state index in [-0.39, 0.29) is 0 Å². The highest BCUT2D eigenvalue weighted by atomic mass is 79.9. The Labute approximate surface area is 136 Å². The lowest BCUT2D eigenvalue weighted by atomic mass is 9.90. The zero-order valence-electron chi connectivity index (χ0n) is 12.7. The average Bonchev–Trinajstić information content (AvgIpc) is 3.32. The van der Waals surface area contributed by atoms with E-state index in [4.69, 9.17) is 4.74 Å². The summed E-state index contributed by atoms with van der Waals surface area (Å²) in [5.74, 6) is 0.791. The lowest BCUT2D eigenvalue weighted by Crippen LogP contribution is -2.15. The first-order valence-corrected chi connectivity index (χ1v) is 9.19. The maximum absolute atomic E-state index is 5.94. The molecule has 116 valence electrons. The van der Waals surface area contributed by atoms with Crippen LogP contribution in [0.25, 0.3) is 0 Å². The van der Waals surface area contributed by atoms with Crippen molar-refractivity contribution in [1.82, 2.24) is 5.32 Å². The van der Waals surface area contributed by atoms with E-state index in [1.54, 1.807) is 0 Å². The van der Waals surface area contributed by atoms with Crippen LogP contribution in [0.15, 0.2) is 22.7 Å². The zero-order chi connectivity index (χ0) is 14.5. The molecule has 1 aromatic carbocycles. The molecule has 0 spiro atoms. The van der Waals surface area contributed by atoms with Gasteiger partial charge >= 0.3 is 0 Å². The van der Waals surface area contributed by atoms with Crippen molar-refractivity contribution in [2.45, 2.75) is 64.1 Å². The standard InChI is InChI=1S/C18H26BrNO/c19-18-10-15(11-20-17-8-9-17)6-7-16(18)13-21-12-14-4-2-1-3-5-14/h6-7,10,14,17,20H,1-5,8-9,11-13H2. The van der Waals surface area contributed by atoms with Gasteiger partial charge in [-0.3, -0.25) is 0 Å². The second kappa shape index (κ2) is 7.75. The Kier molecular flexibility index (Phi) is 5.73. The van der Waals surface area contributed by atoms with Gasteiger partial charge in [-0.1, -0.05) is 47.3 Å². The Morgan fingerprint density at radius 1 is 1.10 bits per heavy atom. The van der Waals surface area contributed by atoms with Crippen LogP contribution in [0.2, 0.25) is 0 Å². The monoisotopic (exact) mass is 351 g/mol. The van der Waals surface area contributed by atoms with Crippen LogP contribution in [0.1, 0.15) is 56.1 Å². The van der Waals surface area contributed by atoms with Crippen LogP contribution < -0.4 is 5.32 Å². The molecule has 0 aliphatic heterocycles. The number of hydrogen-bond acceptors (Lipinski definition) is 2. The highest BCUT2D eigenvalue weighted by Gasteiger charge is 2.20. The molecular formula is C18H26BrNO. The van der Waals surface area contributed by atoms with Crippen molar-refractivity contribution in [3.05, 3.63) is 33.8 Å².